The summed E-state index contributed by atoms with van der Waals surface area (Å²) in [7, 11) is 0. The minimum absolute atomic E-state index is 0.00750. The summed E-state index contributed by atoms with van der Waals surface area (Å²) >= 11 is 23.5. The van der Waals surface area contributed by atoms with Gasteiger partial charge < -0.3 is 0 Å². The number of pyridine rings is 1. The maximum atomic E-state index is 13.6. The number of benzene rings is 1. The van der Waals surface area contributed by atoms with Crippen molar-refractivity contribution in [2.75, 3.05) is 0 Å². The van der Waals surface area contributed by atoms with Crippen LogP contribution in [0.5, 0.6) is 0 Å². The number of halogens is 10. The van der Waals surface area contributed by atoms with Crippen molar-refractivity contribution in [2.45, 2.75) is 37.5 Å². The van der Waals surface area contributed by atoms with E-state index in [2.05, 4.69) is 4.98 Å². The van der Waals surface area contributed by atoms with Gasteiger partial charge in [-0.1, -0.05) is 58.6 Å². The Bertz CT molecular complexity index is 997. The summed E-state index contributed by atoms with van der Waals surface area (Å²) in [5.41, 5.74) is 0.135. The average molecular weight is 539 g/mol. The quantitative estimate of drug-likeness (QED) is 0.261. The van der Waals surface area contributed by atoms with Crippen molar-refractivity contribution in [3.05, 3.63) is 67.4 Å². The second-order valence-corrected chi connectivity index (χ2v) is 8.30. The number of rotatable bonds is 7. The number of aryl methyl sites for hydroxylation is 1. The molecule has 0 fully saturated rings. The van der Waals surface area contributed by atoms with Gasteiger partial charge in [0.15, 0.2) is 0 Å². The summed E-state index contributed by atoms with van der Waals surface area (Å²) in [5.74, 6) is -3.08. The SMILES string of the molecule is O=C(CCc1ncc(/C=C/C(c2cc(Cl)c(Cl)c(Cl)c2)C(F)(F)F)cc1Cl)CC(F)(F)F. The summed E-state index contributed by atoms with van der Waals surface area (Å²) in [5, 5.41) is -0.327. The lowest BCUT2D eigenvalue weighted by molar-refractivity contribution is -0.152. The molecule has 0 spiro atoms. The van der Waals surface area contributed by atoms with Crippen LogP contribution in [0.2, 0.25) is 20.1 Å². The molecular formula is C20H13Cl4F6NO. The van der Waals surface area contributed by atoms with E-state index in [1.54, 1.807) is 0 Å². The van der Waals surface area contributed by atoms with Gasteiger partial charge in [0.1, 0.15) is 12.2 Å². The molecule has 1 heterocycles. The smallest absolute Gasteiger partial charge is 0.299 e. The van der Waals surface area contributed by atoms with Crippen LogP contribution in [0.25, 0.3) is 6.08 Å². The molecule has 0 saturated carbocycles. The number of allylic oxidation sites excluding steroid dienone is 1. The zero-order chi connectivity index (χ0) is 24.3. The molecule has 2 nitrogen and oxygen atoms in total. The van der Waals surface area contributed by atoms with E-state index in [4.69, 9.17) is 46.4 Å². The van der Waals surface area contributed by atoms with Gasteiger partial charge in [-0.25, -0.2) is 0 Å². The van der Waals surface area contributed by atoms with Crippen molar-refractivity contribution in [1.82, 2.24) is 4.98 Å². The van der Waals surface area contributed by atoms with Crippen molar-refractivity contribution in [2.24, 2.45) is 0 Å². The highest BCUT2D eigenvalue weighted by molar-refractivity contribution is 6.48. The Morgan fingerprint density at radius 1 is 0.969 bits per heavy atom. The molecule has 0 aliphatic heterocycles. The summed E-state index contributed by atoms with van der Waals surface area (Å²) < 4.78 is 77.4. The molecule has 2 aromatic rings. The standard InChI is InChI=1S/C20H13Cl4F6NO/c21-14-5-10(9-31-17(14)4-2-12(32)8-19(25,26)27)1-3-13(20(28,29)30)11-6-15(22)18(24)16(23)7-11/h1,3,5-7,9,13H,2,4,8H2/b3-1+. The number of hydrogen-bond donors (Lipinski definition) is 0. The molecular weight excluding hydrogens is 526 g/mol. The molecule has 1 atom stereocenters. The number of hydrogen-bond acceptors (Lipinski definition) is 2. The van der Waals surface area contributed by atoms with Crippen LogP contribution in [-0.4, -0.2) is 23.1 Å². The van der Waals surface area contributed by atoms with E-state index in [1.165, 1.54) is 12.3 Å². The highest BCUT2D eigenvalue weighted by atomic mass is 35.5. The van der Waals surface area contributed by atoms with Gasteiger partial charge in [0, 0.05) is 12.6 Å². The summed E-state index contributed by atoms with van der Waals surface area (Å²) in [4.78, 5) is 15.3. The molecule has 32 heavy (non-hydrogen) atoms. The van der Waals surface area contributed by atoms with E-state index in [1.807, 2.05) is 0 Å². The summed E-state index contributed by atoms with van der Waals surface area (Å²) in [6.07, 6.45) is -8.20. The number of ketones is 1. The third kappa shape index (κ3) is 7.83. The number of Topliss-reactive ketones (excluding diaryl/α,β-unsaturated/α-hetero) is 1. The molecule has 12 heteroatoms. The lowest BCUT2D eigenvalue weighted by atomic mass is 9.97. The van der Waals surface area contributed by atoms with Crippen LogP contribution in [0.15, 0.2) is 30.5 Å². The van der Waals surface area contributed by atoms with Gasteiger partial charge in [0.05, 0.1) is 31.7 Å². The Morgan fingerprint density at radius 2 is 1.56 bits per heavy atom. The van der Waals surface area contributed by atoms with E-state index in [-0.39, 0.29) is 43.3 Å². The van der Waals surface area contributed by atoms with Gasteiger partial charge in [-0.3, -0.25) is 9.78 Å². The fourth-order valence-corrected chi connectivity index (χ4v) is 3.58. The fraction of sp³-hybridized carbons (Fsp3) is 0.300. The molecule has 0 aliphatic rings. The molecule has 0 bridgehead atoms. The number of carbonyl (C=O) groups is 1. The van der Waals surface area contributed by atoms with E-state index in [0.29, 0.717) is 0 Å². The number of carbonyl (C=O) groups excluding carboxylic acids is 1. The second kappa shape index (κ2) is 10.6. The first-order valence-electron chi connectivity index (χ1n) is 8.79. The first-order valence-corrected chi connectivity index (χ1v) is 10.3. The van der Waals surface area contributed by atoms with E-state index >= 15 is 0 Å². The largest absolute Gasteiger partial charge is 0.399 e. The minimum Gasteiger partial charge on any atom is -0.299 e. The monoisotopic (exact) mass is 537 g/mol. The van der Waals surface area contributed by atoms with E-state index < -0.39 is 36.9 Å². The van der Waals surface area contributed by atoms with E-state index in [0.717, 1.165) is 24.3 Å². The topological polar surface area (TPSA) is 30.0 Å². The summed E-state index contributed by atoms with van der Waals surface area (Å²) in [6, 6.07) is 3.42. The zero-order valence-electron chi connectivity index (χ0n) is 15.8. The van der Waals surface area contributed by atoms with Crippen molar-refractivity contribution >= 4 is 58.3 Å². The number of aromatic nitrogens is 1. The predicted octanol–water partition coefficient (Wildman–Crippen LogP) is 8.51. The van der Waals surface area contributed by atoms with E-state index in [9.17, 15) is 31.1 Å². The molecule has 174 valence electrons. The molecule has 0 N–H and O–H groups in total. The third-order valence-corrected chi connectivity index (χ3v) is 5.70. The Hall–Kier alpha value is -1.48. The highest BCUT2D eigenvalue weighted by Gasteiger charge is 2.39. The van der Waals surface area contributed by atoms with Gasteiger partial charge >= 0.3 is 12.4 Å². The first kappa shape index (κ1) is 26.8. The normalized spacial score (nSPS) is 13.6. The van der Waals surface area contributed by atoms with Crippen LogP contribution in [0, 0.1) is 0 Å². The fourth-order valence-electron chi connectivity index (χ4n) is 2.70. The predicted molar refractivity (Wildman–Crippen MR) is 113 cm³/mol. The molecule has 2 rings (SSSR count). The summed E-state index contributed by atoms with van der Waals surface area (Å²) in [6.45, 7) is 0. The van der Waals surface area contributed by atoms with Crippen LogP contribution in [-0.2, 0) is 11.2 Å². The Labute approximate surface area is 199 Å². The van der Waals surface area contributed by atoms with Crippen molar-refractivity contribution in [3.8, 4) is 0 Å². The van der Waals surface area contributed by atoms with Gasteiger partial charge in [0.2, 0.25) is 0 Å². The second-order valence-electron chi connectivity index (χ2n) is 6.70. The average Bonchev–Trinajstić information content (AvgIpc) is 2.63. The molecule has 0 aliphatic carbocycles. The molecule has 1 aromatic carbocycles. The molecule has 0 saturated heterocycles. The van der Waals surface area contributed by atoms with Gasteiger partial charge in [0.25, 0.3) is 0 Å². The maximum Gasteiger partial charge on any atom is 0.399 e. The number of alkyl halides is 6. The Kier molecular flexibility index (Phi) is 8.90. The van der Waals surface area contributed by atoms with Crippen LogP contribution >= 0.6 is 46.4 Å². The minimum atomic E-state index is -4.67. The van der Waals surface area contributed by atoms with Crippen LogP contribution in [0.4, 0.5) is 26.3 Å². The lowest BCUT2D eigenvalue weighted by Gasteiger charge is -2.18. The van der Waals surface area contributed by atoms with Crippen LogP contribution in [0.1, 0.15) is 35.6 Å². The highest BCUT2D eigenvalue weighted by Crippen LogP contribution is 2.41. The molecule has 0 amide bonds. The molecule has 1 unspecified atom stereocenters. The zero-order valence-corrected chi connectivity index (χ0v) is 18.8. The Morgan fingerprint density at radius 3 is 2.06 bits per heavy atom. The third-order valence-electron chi connectivity index (χ3n) is 4.18. The van der Waals surface area contributed by atoms with Gasteiger partial charge in [-0.2, -0.15) is 26.3 Å². The lowest BCUT2D eigenvalue weighted by Crippen LogP contribution is -2.19. The van der Waals surface area contributed by atoms with Gasteiger partial charge in [-0.15, -0.1) is 0 Å². The van der Waals surface area contributed by atoms with Gasteiger partial charge in [-0.05, 0) is 35.7 Å². The first-order chi connectivity index (χ1) is 14.7. The Balaban J connectivity index is 2.20. The van der Waals surface area contributed by atoms with Crippen LogP contribution in [0.3, 0.4) is 0 Å². The van der Waals surface area contributed by atoms with Crippen molar-refractivity contribution < 1.29 is 31.1 Å². The molecule has 0 radical (unpaired) electrons. The molecule has 1 aromatic heterocycles. The van der Waals surface area contributed by atoms with Crippen LogP contribution < -0.4 is 0 Å². The maximum absolute atomic E-state index is 13.6. The van der Waals surface area contributed by atoms with Crippen molar-refractivity contribution in [3.63, 3.8) is 0 Å². The van der Waals surface area contributed by atoms with Crippen molar-refractivity contribution in [1.29, 1.82) is 0 Å². The number of nitrogens with zero attached hydrogens (tertiary/aromatic N) is 1.